The zero-order valence-corrected chi connectivity index (χ0v) is 17.0. The van der Waals surface area contributed by atoms with Crippen molar-refractivity contribution in [1.29, 1.82) is 0 Å². The summed E-state index contributed by atoms with van der Waals surface area (Å²) >= 11 is 6.30. The van der Waals surface area contributed by atoms with Crippen LogP contribution in [0.5, 0.6) is 0 Å². The Kier molecular flexibility index (Phi) is 4.93. The molecule has 2 atom stereocenters. The van der Waals surface area contributed by atoms with Crippen LogP contribution in [0.15, 0.2) is 23.2 Å². The van der Waals surface area contributed by atoms with Crippen LogP contribution in [0, 0.1) is 6.92 Å². The minimum atomic E-state index is -0.512. The number of carbonyl (C=O) groups is 2. The van der Waals surface area contributed by atoms with E-state index in [4.69, 9.17) is 21.3 Å². The number of urea groups is 1. The molecule has 0 aromatic heterocycles. The van der Waals surface area contributed by atoms with Gasteiger partial charge in [0.15, 0.2) is 12.2 Å². The van der Waals surface area contributed by atoms with Gasteiger partial charge in [0, 0.05) is 37.5 Å². The average molecular weight is 406 g/mol. The highest BCUT2D eigenvalue weighted by molar-refractivity contribution is 6.31. The van der Waals surface area contributed by atoms with Crippen LogP contribution in [0.2, 0.25) is 5.02 Å². The molecule has 2 saturated heterocycles. The second-order valence-corrected chi connectivity index (χ2v) is 7.55. The predicted octanol–water partition coefficient (Wildman–Crippen LogP) is 1.77. The first-order valence-electron chi connectivity index (χ1n) is 9.48. The maximum Gasteiger partial charge on any atom is 0.328 e. The van der Waals surface area contributed by atoms with Gasteiger partial charge in [0.25, 0.3) is 5.91 Å². The lowest BCUT2D eigenvalue weighted by molar-refractivity contribution is -0.138. The third kappa shape index (κ3) is 2.91. The molecule has 3 aliphatic heterocycles. The Bertz CT molecular complexity index is 845. The molecule has 0 aliphatic carbocycles. The summed E-state index contributed by atoms with van der Waals surface area (Å²) in [5.74, 6) is 0.505. The fourth-order valence-electron chi connectivity index (χ4n) is 3.94. The number of rotatable bonds is 5. The normalized spacial score (nSPS) is 24.1. The van der Waals surface area contributed by atoms with Crippen LogP contribution in [-0.4, -0.2) is 84.7 Å². The molecule has 1 aromatic rings. The number of fused-ring (bicyclic) bond motifs is 3. The maximum atomic E-state index is 13.1. The Morgan fingerprint density at radius 3 is 2.79 bits per heavy atom. The summed E-state index contributed by atoms with van der Waals surface area (Å²) in [4.78, 5) is 37.4. The average Bonchev–Trinajstić information content (AvgIpc) is 3.24. The van der Waals surface area contributed by atoms with Crippen molar-refractivity contribution in [3.05, 3.63) is 28.8 Å². The Balaban J connectivity index is 1.60. The summed E-state index contributed by atoms with van der Waals surface area (Å²) in [6, 6.07) is 5.06. The molecule has 150 valence electrons. The lowest BCUT2D eigenvalue weighted by atomic mass is 10.1. The third-order valence-corrected chi connectivity index (χ3v) is 5.91. The number of carbonyl (C=O) groups excluding carboxylic acids is 2. The van der Waals surface area contributed by atoms with E-state index in [0.29, 0.717) is 31.3 Å². The van der Waals surface area contributed by atoms with Crippen molar-refractivity contribution in [3.8, 4) is 0 Å². The Morgan fingerprint density at radius 1 is 1.29 bits per heavy atom. The first-order chi connectivity index (χ1) is 13.4. The minimum Gasteiger partial charge on any atom is -0.380 e. The molecule has 0 N–H and O–H groups in total. The molecule has 8 nitrogen and oxygen atoms in total. The van der Waals surface area contributed by atoms with Gasteiger partial charge >= 0.3 is 6.03 Å². The Morgan fingerprint density at radius 2 is 2.07 bits per heavy atom. The van der Waals surface area contributed by atoms with E-state index in [0.717, 1.165) is 17.2 Å². The van der Waals surface area contributed by atoms with Gasteiger partial charge in [-0.25, -0.2) is 9.79 Å². The standard InChI is InChI=1S/C19H24ClN5O3/c1-4-28-10-9-25-17(26)15-16(22(3)19(25)27)21-18-23(7-8-24(15)18)13-6-5-12(2)14(20)11-13/h5-6,11,15-16H,4,7-10H2,1-3H3. The molecule has 3 amide bonds. The lowest BCUT2D eigenvalue weighted by Gasteiger charge is -2.40. The number of anilines is 1. The van der Waals surface area contributed by atoms with Gasteiger partial charge in [-0.3, -0.25) is 9.69 Å². The number of halogens is 1. The number of benzene rings is 1. The number of hydrogen-bond donors (Lipinski definition) is 0. The zero-order chi connectivity index (χ0) is 20.0. The van der Waals surface area contributed by atoms with E-state index in [9.17, 15) is 9.59 Å². The van der Waals surface area contributed by atoms with Crippen molar-refractivity contribution in [3.63, 3.8) is 0 Å². The summed E-state index contributed by atoms with van der Waals surface area (Å²) in [6.45, 7) is 6.35. The molecule has 1 aromatic carbocycles. The van der Waals surface area contributed by atoms with E-state index in [1.54, 1.807) is 11.9 Å². The fourth-order valence-corrected chi connectivity index (χ4v) is 4.11. The molecular weight excluding hydrogens is 382 g/mol. The van der Waals surface area contributed by atoms with Crippen LogP contribution in [0.4, 0.5) is 10.5 Å². The molecule has 0 saturated carbocycles. The van der Waals surface area contributed by atoms with Crippen LogP contribution in [0.1, 0.15) is 12.5 Å². The Hall–Kier alpha value is -2.32. The smallest absolute Gasteiger partial charge is 0.328 e. The topological polar surface area (TPSA) is 68.7 Å². The molecule has 2 fully saturated rings. The summed E-state index contributed by atoms with van der Waals surface area (Å²) in [7, 11) is 1.69. The second-order valence-electron chi connectivity index (χ2n) is 7.15. The number of likely N-dealkylation sites (N-methyl/N-ethyl adjacent to an activating group) is 1. The van der Waals surface area contributed by atoms with Gasteiger partial charge in [0.05, 0.1) is 13.2 Å². The van der Waals surface area contributed by atoms with E-state index in [1.807, 2.05) is 36.9 Å². The van der Waals surface area contributed by atoms with Gasteiger partial charge in [0.1, 0.15) is 0 Å². The zero-order valence-electron chi connectivity index (χ0n) is 16.3. The Labute approximate surface area is 169 Å². The van der Waals surface area contributed by atoms with Crippen molar-refractivity contribution in [2.45, 2.75) is 26.1 Å². The molecule has 3 aliphatic rings. The summed E-state index contributed by atoms with van der Waals surface area (Å²) in [6.07, 6.45) is -0.512. The van der Waals surface area contributed by atoms with Gasteiger partial charge in [-0.15, -0.1) is 0 Å². The van der Waals surface area contributed by atoms with Gasteiger partial charge in [0.2, 0.25) is 5.96 Å². The van der Waals surface area contributed by atoms with E-state index in [1.165, 1.54) is 4.90 Å². The van der Waals surface area contributed by atoms with Crippen molar-refractivity contribution in [2.75, 3.05) is 44.8 Å². The first-order valence-corrected chi connectivity index (χ1v) is 9.86. The van der Waals surface area contributed by atoms with Crippen molar-refractivity contribution in [1.82, 2.24) is 14.7 Å². The van der Waals surface area contributed by atoms with E-state index >= 15 is 0 Å². The maximum absolute atomic E-state index is 13.1. The number of amides is 3. The summed E-state index contributed by atoms with van der Waals surface area (Å²) < 4.78 is 5.33. The van der Waals surface area contributed by atoms with E-state index in [-0.39, 0.29) is 18.5 Å². The lowest BCUT2D eigenvalue weighted by Crippen LogP contribution is -2.65. The van der Waals surface area contributed by atoms with E-state index < -0.39 is 12.2 Å². The number of guanidine groups is 1. The van der Waals surface area contributed by atoms with Gasteiger partial charge in [-0.1, -0.05) is 17.7 Å². The minimum absolute atomic E-state index is 0.213. The van der Waals surface area contributed by atoms with E-state index in [2.05, 4.69) is 4.90 Å². The number of nitrogens with zero attached hydrogens (tertiary/aromatic N) is 5. The van der Waals surface area contributed by atoms with Crippen LogP contribution >= 0.6 is 11.6 Å². The summed E-state index contributed by atoms with van der Waals surface area (Å²) in [5.41, 5.74) is 1.94. The molecule has 9 heteroatoms. The molecule has 4 rings (SSSR count). The monoisotopic (exact) mass is 405 g/mol. The van der Waals surface area contributed by atoms with Gasteiger partial charge in [-0.05, 0) is 31.5 Å². The van der Waals surface area contributed by atoms with Gasteiger partial charge in [-0.2, -0.15) is 0 Å². The van der Waals surface area contributed by atoms with Crippen LogP contribution in [-0.2, 0) is 9.53 Å². The van der Waals surface area contributed by atoms with Crippen molar-refractivity contribution in [2.24, 2.45) is 4.99 Å². The first kappa shape index (κ1) is 19.0. The predicted molar refractivity (Wildman–Crippen MR) is 107 cm³/mol. The molecule has 2 unspecified atom stereocenters. The SMILES string of the molecule is CCOCCN1C(=O)C2C(N=C3N(c4ccc(C)c(Cl)c4)CCN32)N(C)C1=O. The fraction of sp³-hybridized carbons (Fsp3) is 0.526. The quantitative estimate of drug-likeness (QED) is 0.698. The number of imide groups is 1. The third-order valence-electron chi connectivity index (χ3n) is 5.51. The molecule has 3 heterocycles. The van der Waals surface area contributed by atoms with Crippen molar-refractivity contribution >= 4 is 35.2 Å². The highest BCUT2D eigenvalue weighted by atomic mass is 35.5. The number of hydrogen-bond acceptors (Lipinski definition) is 6. The molecule has 28 heavy (non-hydrogen) atoms. The molecule has 0 radical (unpaired) electrons. The highest BCUT2D eigenvalue weighted by Crippen LogP contribution is 2.34. The van der Waals surface area contributed by atoms with Gasteiger partial charge < -0.3 is 19.4 Å². The summed E-state index contributed by atoms with van der Waals surface area (Å²) in [5, 5.41) is 0.692. The van der Waals surface area contributed by atoms with Crippen LogP contribution in [0.25, 0.3) is 0 Å². The molecular formula is C19H24ClN5O3. The highest BCUT2D eigenvalue weighted by Gasteiger charge is 2.54. The van der Waals surface area contributed by atoms with Crippen LogP contribution in [0.3, 0.4) is 0 Å². The van der Waals surface area contributed by atoms with Crippen molar-refractivity contribution < 1.29 is 14.3 Å². The molecule has 0 spiro atoms. The largest absolute Gasteiger partial charge is 0.380 e. The number of aryl methyl sites for hydroxylation is 1. The second kappa shape index (κ2) is 7.25. The molecule has 0 bridgehead atoms. The number of ether oxygens (including phenoxy) is 1. The number of aliphatic imine (C=N–C) groups is 1. The van der Waals surface area contributed by atoms with Crippen LogP contribution < -0.4 is 4.90 Å².